The maximum Gasteiger partial charge on any atom is 0.00674 e. The minimum absolute atomic E-state index is 0.858. The zero-order chi connectivity index (χ0) is 10.7. The van der Waals surface area contributed by atoms with Gasteiger partial charge in [-0.05, 0) is 78.2 Å². The Labute approximate surface area is 94.6 Å². The van der Waals surface area contributed by atoms with E-state index >= 15 is 0 Å². The van der Waals surface area contributed by atoms with Crippen molar-refractivity contribution in [3.05, 3.63) is 0 Å². The van der Waals surface area contributed by atoms with E-state index in [-0.39, 0.29) is 0 Å². The maximum atomic E-state index is 2.69. The molecule has 0 aromatic rings. The predicted molar refractivity (Wildman–Crippen MR) is 65.1 cm³/mol. The first-order valence-corrected chi connectivity index (χ1v) is 6.68. The molecule has 0 spiro atoms. The van der Waals surface area contributed by atoms with E-state index in [1.54, 1.807) is 0 Å². The molecule has 0 amide bonds. The molecule has 2 nitrogen and oxygen atoms in total. The zero-order valence-electron chi connectivity index (χ0n) is 10.4. The summed E-state index contributed by atoms with van der Waals surface area (Å²) in [5, 5.41) is 0. The third-order valence-corrected chi connectivity index (χ3v) is 4.35. The van der Waals surface area contributed by atoms with E-state index in [0.29, 0.717) is 0 Å². The Balaban J connectivity index is 1.65. The summed E-state index contributed by atoms with van der Waals surface area (Å²) < 4.78 is 0. The zero-order valence-corrected chi connectivity index (χ0v) is 10.4. The monoisotopic (exact) mass is 210 g/mol. The number of likely N-dealkylation sites (tertiary alicyclic amines) is 2. The van der Waals surface area contributed by atoms with Crippen LogP contribution in [0.15, 0.2) is 0 Å². The number of rotatable bonds is 3. The Hall–Kier alpha value is -0.0800. The van der Waals surface area contributed by atoms with E-state index in [0.717, 1.165) is 12.0 Å². The van der Waals surface area contributed by atoms with E-state index in [4.69, 9.17) is 0 Å². The minimum atomic E-state index is 0.858. The Bertz CT molecular complexity index is 185. The topological polar surface area (TPSA) is 6.48 Å². The van der Waals surface area contributed by atoms with Gasteiger partial charge in [-0.3, -0.25) is 0 Å². The summed E-state index contributed by atoms with van der Waals surface area (Å²) in [6, 6.07) is 0.858. The van der Waals surface area contributed by atoms with Crippen molar-refractivity contribution in [1.29, 1.82) is 0 Å². The average molecular weight is 210 g/mol. The van der Waals surface area contributed by atoms with Gasteiger partial charge in [0, 0.05) is 6.04 Å². The van der Waals surface area contributed by atoms with E-state index in [1.807, 2.05) is 0 Å². The second-order valence-corrected chi connectivity index (χ2v) is 5.56. The van der Waals surface area contributed by atoms with Crippen LogP contribution < -0.4 is 0 Å². The molecule has 0 aliphatic carbocycles. The minimum Gasteiger partial charge on any atom is -0.306 e. The molecule has 1 atom stereocenters. The predicted octanol–water partition coefficient (Wildman–Crippen LogP) is 2.20. The van der Waals surface area contributed by atoms with E-state index in [9.17, 15) is 0 Å². The van der Waals surface area contributed by atoms with Crippen LogP contribution in [-0.4, -0.2) is 49.1 Å². The molecule has 2 aliphatic rings. The summed E-state index contributed by atoms with van der Waals surface area (Å²) in [5.41, 5.74) is 0. The maximum absolute atomic E-state index is 2.69. The lowest BCUT2D eigenvalue weighted by Crippen LogP contribution is -2.33. The van der Waals surface area contributed by atoms with Crippen LogP contribution in [0.25, 0.3) is 0 Å². The van der Waals surface area contributed by atoms with Gasteiger partial charge in [0.1, 0.15) is 0 Å². The molecule has 0 aromatic heterocycles. The second kappa shape index (κ2) is 5.31. The van der Waals surface area contributed by atoms with Gasteiger partial charge >= 0.3 is 0 Å². The van der Waals surface area contributed by atoms with Gasteiger partial charge in [0.2, 0.25) is 0 Å². The quantitative estimate of drug-likeness (QED) is 0.704. The van der Waals surface area contributed by atoms with Crippen molar-refractivity contribution in [1.82, 2.24) is 9.80 Å². The van der Waals surface area contributed by atoms with Crippen molar-refractivity contribution in [3.8, 4) is 0 Å². The van der Waals surface area contributed by atoms with Crippen LogP contribution in [0.3, 0.4) is 0 Å². The van der Waals surface area contributed by atoms with Crippen LogP contribution in [0.2, 0.25) is 0 Å². The first-order valence-electron chi connectivity index (χ1n) is 6.68. The molecular weight excluding hydrogens is 184 g/mol. The Morgan fingerprint density at radius 1 is 1.07 bits per heavy atom. The molecule has 0 bridgehead atoms. The molecule has 15 heavy (non-hydrogen) atoms. The van der Waals surface area contributed by atoms with Crippen LogP contribution in [0, 0.1) is 5.92 Å². The summed E-state index contributed by atoms with van der Waals surface area (Å²) >= 11 is 0. The van der Waals surface area contributed by atoms with Crippen LogP contribution >= 0.6 is 0 Å². The van der Waals surface area contributed by atoms with Crippen molar-refractivity contribution in [2.45, 2.75) is 45.1 Å². The lowest BCUT2D eigenvalue weighted by molar-refractivity contribution is 0.184. The molecule has 2 fully saturated rings. The number of hydrogen-bond donors (Lipinski definition) is 0. The average Bonchev–Trinajstić information content (AvgIpc) is 2.63. The lowest BCUT2D eigenvalue weighted by Gasteiger charge is -2.30. The number of piperidine rings is 1. The molecule has 0 saturated carbocycles. The van der Waals surface area contributed by atoms with Crippen LogP contribution in [0.4, 0.5) is 0 Å². The van der Waals surface area contributed by atoms with Crippen molar-refractivity contribution < 1.29 is 0 Å². The molecule has 2 heterocycles. The summed E-state index contributed by atoms with van der Waals surface area (Å²) in [6.07, 6.45) is 7.15. The van der Waals surface area contributed by atoms with Crippen molar-refractivity contribution >= 4 is 0 Å². The van der Waals surface area contributed by atoms with Gasteiger partial charge < -0.3 is 9.80 Å². The fourth-order valence-electron chi connectivity index (χ4n) is 3.02. The third kappa shape index (κ3) is 3.18. The van der Waals surface area contributed by atoms with Crippen LogP contribution in [-0.2, 0) is 0 Å². The Kier molecular flexibility index (Phi) is 4.04. The highest BCUT2D eigenvalue weighted by atomic mass is 15.2. The third-order valence-electron chi connectivity index (χ3n) is 4.35. The fraction of sp³-hybridized carbons (Fsp3) is 1.00. The van der Waals surface area contributed by atoms with Gasteiger partial charge in [0.25, 0.3) is 0 Å². The fourth-order valence-corrected chi connectivity index (χ4v) is 3.02. The van der Waals surface area contributed by atoms with Gasteiger partial charge in [-0.25, -0.2) is 0 Å². The van der Waals surface area contributed by atoms with E-state index in [2.05, 4.69) is 23.8 Å². The normalized spacial score (nSPS) is 31.2. The van der Waals surface area contributed by atoms with Gasteiger partial charge in [-0.15, -0.1) is 0 Å². The van der Waals surface area contributed by atoms with Gasteiger partial charge in [-0.2, -0.15) is 0 Å². The lowest BCUT2D eigenvalue weighted by atomic mass is 9.93. The van der Waals surface area contributed by atoms with Gasteiger partial charge in [-0.1, -0.05) is 0 Å². The van der Waals surface area contributed by atoms with Crippen molar-refractivity contribution in [3.63, 3.8) is 0 Å². The standard InChI is InChI=1S/C13H26N2/c1-12-4-3-8-15(12)11-7-13-5-9-14(2)10-6-13/h12-13H,3-11H2,1-2H3. The van der Waals surface area contributed by atoms with Gasteiger partial charge in [0.15, 0.2) is 0 Å². The largest absolute Gasteiger partial charge is 0.306 e. The summed E-state index contributed by atoms with van der Waals surface area (Å²) in [6.45, 7) is 7.74. The molecule has 2 aliphatic heterocycles. The Morgan fingerprint density at radius 2 is 1.80 bits per heavy atom. The number of hydrogen-bond acceptors (Lipinski definition) is 2. The first-order chi connectivity index (χ1) is 7.25. The molecule has 2 heteroatoms. The van der Waals surface area contributed by atoms with E-state index < -0.39 is 0 Å². The molecule has 2 rings (SSSR count). The molecule has 0 radical (unpaired) electrons. The SMILES string of the molecule is CC1CCCN1CCC1CCN(C)CC1. The number of nitrogens with zero attached hydrogens (tertiary/aromatic N) is 2. The van der Waals surface area contributed by atoms with Gasteiger partial charge in [0.05, 0.1) is 0 Å². The summed E-state index contributed by atoms with van der Waals surface area (Å²) in [7, 11) is 2.25. The molecule has 1 unspecified atom stereocenters. The Morgan fingerprint density at radius 3 is 2.40 bits per heavy atom. The highest BCUT2D eigenvalue weighted by Crippen LogP contribution is 2.22. The summed E-state index contributed by atoms with van der Waals surface area (Å²) in [5.74, 6) is 1.01. The van der Waals surface area contributed by atoms with E-state index in [1.165, 1.54) is 58.3 Å². The molecular formula is C13H26N2. The highest BCUT2D eigenvalue weighted by molar-refractivity contribution is 4.77. The van der Waals surface area contributed by atoms with Crippen LogP contribution in [0.1, 0.15) is 39.0 Å². The highest BCUT2D eigenvalue weighted by Gasteiger charge is 2.22. The summed E-state index contributed by atoms with van der Waals surface area (Å²) in [4.78, 5) is 5.16. The molecule has 0 aromatic carbocycles. The molecule has 2 saturated heterocycles. The second-order valence-electron chi connectivity index (χ2n) is 5.56. The molecule has 88 valence electrons. The van der Waals surface area contributed by atoms with Crippen molar-refractivity contribution in [2.75, 3.05) is 33.2 Å². The molecule has 0 N–H and O–H groups in total. The first kappa shape index (κ1) is 11.4. The van der Waals surface area contributed by atoms with Crippen LogP contribution in [0.5, 0.6) is 0 Å². The van der Waals surface area contributed by atoms with Crippen molar-refractivity contribution in [2.24, 2.45) is 5.92 Å². The smallest absolute Gasteiger partial charge is 0.00674 e.